The highest BCUT2D eigenvalue weighted by molar-refractivity contribution is 6.34. The minimum absolute atomic E-state index is 0.411. The molecule has 5 N–H and O–H groups in total. The molecule has 2 heterocycles. The molecule has 0 bridgehead atoms. The Morgan fingerprint density at radius 2 is 2.06 bits per heavy atom. The van der Waals surface area contributed by atoms with Gasteiger partial charge in [0.25, 0.3) is 0 Å². The third-order valence-electron chi connectivity index (χ3n) is 2.47. The summed E-state index contributed by atoms with van der Waals surface area (Å²) in [5.41, 5.74) is 10.3. The SMILES string of the molecule is NNC(c1cnccc1N)c1ncc(Cl)cc1Cl. The normalized spacial score (nSPS) is 12.4. The lowest BCUT2D eigenvalue weighted by Crippen LogP contribution is -2.30. The predicted octanol–water partition coefficient (Wildman–Crippen LogP) is 1.92. The van der Waals surface area contributed by atoms with Crippen LogP contribution in [-0.4, -0.2) is 9.97 Å². The van der Waals surface area contributed by atoms with Crippen molar-refractivity contribution in [3.05, 3.63) is 52.0 Å². The zero-order chi connectivity index (χ0) is 13.1. The first-order valence-corrected chi connectivity index (χ1v) is 5.85. The van der Waals surface area contributed by atoms with Gasteiger partial charge in [-0.1, -0.05) is 23.2 Å². The highest BCUT2D eigenvalue weighted by Crippen LogP contribution is 2.29. The van der Waals surface area contributed by atoms with Gasteiger partial charge in [-0.2, -0.15) is 0 Å². The van der Waals surface area contributed by atoms with Crippen molar-refractivity contribution in [3.8, 4) is 0 Å². The number of hydrogen-bond donors (Lipinski definition) is 3. The van der Waals surface area contributed by atoms with Crippen LogP contribution >= 0.6 is 23.2 Å². The van der Waals surface area contributed by atoms with Gasteiger partial charge in [0.1, 0.15) is 0 Å². The quantitative estimate of drug-likeness (QED) is 0.591. The molecule has 2 aromatic heterocycles. The van der Waals surface area contributed by atoms with E-state index in [2.05, 4.69) is 15.4 Å². The summed E-state index contributed by atoms with van der Waals surface area (Å²) in [7, 11) is 0. The highest BCUT2D eigenvalue weighted by atomic mass is 35.5. The molecule has 18 heavy (non-hydrogen) atoms. The molecule has 2 rings (SSSR count). The van der Waals surface area contributed by atoms with E-state index in [1.54, 1.807) is 24.5 Å². The van der Waals surface area contributed by atoms with Gasteiger partial charge in [0.15, 0.2) is 0 Å². The minimum atomic E-state index is -0.441. The predicted molar refractivity (Wildman–Crippen MR) is 72.1 cm³/mol. The number of hydrazine groups is 1. The summed E-state index contributed by atoms with van der Waals surface area (Å²) in [5, 5.41) is 0.868. The second-order valence-corrected chi connectivity index (χ2v) is 4.47. The smallest absolute Gasteiger partial charge is 0.0931 e. The highest BCUT2D eigenvalue weighted by Gasteiger charge is 2.19. The lowest BCUT2D eigenvalue weighted by molar-refractivity contribution is 0.620. The first-order valence-electron chi connectivity index (χ1n) is 5.10. The van der Waals surface area contributed by atoms with Gasteiger partial charge in [-0.25, -0.2) is 5.43 Å². The third-order valence-corrected chi connectivity index (χ3v) is 2.98. The van der Waals surface area contributed by atoms with E-state index in [1.165, 1.54) is 6.20 Å². The van der Waals surface area contributed by atoms with Crippen LogP contribution in [0.5, 0.6) is 0 Å². The minimum Gasteiger partial charge on any atom is -0.398 e. The van der Waals surface area contributed by atoms with Crippen molar-refractivity contribution in [2.24, 2.45) is 5.84 Å². The second kappa shape index (κ2) is 5.49. The maximum atomic E-state index is 6.10. The number of pyridine rings is 2. The molecule has 1 unspecified atom stereocenters. The van der Waals surface area contributed by atoms with Crippen molar-refractivity contribution in [2.45, 2.75) is 6.04 Å². The van der Waals surface area contributed by atoms with E-state index in [4.69, 9.17) is 34.8 Å². The third kappa shape index (κ3) is 2.54. The molecule has 94 valence electrons. The number of anilines is 1. The summed E-state index contributed by atoms with van der Waals surface area (Å²) in [4.78, 5) is 8.19. The monoisotopic (exact) mass is 283 g/mol. The van der Waals surface area contributed by atoms with Gasteiger partial charge >= 0.3 is 0 Å². The largest absolute Gasteiger partial charge is 0.398 e. The molecule has 0 spiro atoms. The van der Waals surface area contributed by atoms with Crippen LogP contribution in [0.2, 0.25) is 10.0 Å². The van der Waals surface area contributed by atoms with Crippen LogP contribution in [0.1, 0.15) is 17.3 Å². The van der Waals surface area contributed by atoms with E-state index in [1.807, 2.05) is 0 Å². The van der Waals surface area contributed by atoms with Crippen molar-refractivity contribution < 1.29 is 0 Å². The zero-order valence-corrected chi connectivity index (χ0v) is 10.8. The summed E-state index contributed by atoms with van der Waals surface area (Å²) in [6, 6.07) is 2.84. The number of aromatic nitrogens is 2. The van der Waals surface area contributed by atoms with Crippen LogP contribution in [0.4, 0.5) is 5.69 Å². The molecule has 7 heteroatoms. The molecule has 0 saturated carbocycles. The Morgan fingerprint density at radius 3 is 2.67 bits per heavy atom. The molecular weight excluding hydrogens is 273 g/mol. The number of rotatable bonds is 3. The van der Waals surface area contributed by atoms with E-state index >= 15 is 0 Å². The molecule has 0 aliphatic heterocycles. The number of nitrogen functional groups attached to an aromatic ring is 1. The molecule has 0 saturated heterocycles. The van der Waals surface area contributed by atoms with E-state index in [9.17, 15) is 0 Å². The Labute approximate surface area is 114 Å². The fraction of sp³-hybridized carbons (Fsp3) is 0.0909. The standard InChI is InChI=1S/C11H11Cl2N5/c12-6-3-8(13)11(17-4-6)10(18-15)7-5-16-2-1-9(7)14/h1-5,10,18H,15H2,(H2,14,16). The first-order chi connectivity index (χ1) is 8.63. The molecule has 0 aliphatic carbocycles. The lowest BCUT2D eigenvalue weighted by atomic mass is 10.0. The Morgan fingerprint density at radius 1 is 1.28 bits per heavy atom. The zero-order valence-electron chi connectivity index (χ0n) is 9.27. The van der Waals surface area contributed by atoms with Crippen LogP contribution in [0.25, 0.3) is 0 Å². The van der Waals surface area contributed by atoms with E-state index in [0.717, 1.165) is 0 Å². The molecule has 0 radical (unpaired) electrons. The first kappa shape index (κ1) is 13.0. The van der Waals surface area contributed by atoms with E-state index < -0.39 is 6.04 Å². The molecule has 5 nitrogen and oxygen atoms in total. The van der Waals surface area contributed by atoms with Crippen LogP contribution in [-0.2, 0) is 0 Å². The van der Waals surface area contributed by atoms with Crippen molar-refractivity contribution >= 4 is 28.9 Å². The Balaban J connectivity index is 2.49. The van der Waals surface area contributed by atoms with Crippen LogP contribution in [0, 0.1) is 0 Å². The molecule has 0 aliphatic rings. The average molecular weight is 284 g/mol. The lowest BCUT2D eigenvalue weighted by Gasteiger charge is -2.18. The molecule has 0 amide bonds. The Hall–Kier alpha value is -1.40. The van der Waals surface area contributed by atoms with Gasteiger partial charge in [-0.3, -0.25) is 15.8 Å². The van der Waals surface area contributed by atoms with Crippen molar-refractivity contribution in [3.63, 3.8) is 0 Å². The average Bonchev–Trinajstić information content (AvgIpc) is 2.34. The van der Waals surface area contributed by atoms with Crippen molar-refractivity contribution in [2.75, 3.05) is 5.73 Å². The van der Waals surface area contributed by atoms with E-state index in [-0.39, 0.29) is 0 Å². The summed E-state index contributed by atoms with van der Waals surface area (Å²) in [5.74, 6) is 5.55. The molecule has 2 aromatic rings. The van der Waals surface area contributed by atoms with Crippen LogP contribution in [0.15, 0.2) is 30.7 Å². The second-order valence-electron chi connectivity index (χ2n) is 3.62. The summed E-state index contributed by atoms with van der Waals surface area (Å²) >= 11 is 11.9. The number of hydrogen-bond acceptors (Lipinski definition) is 5. The van der Waals surface area contributed by atoms with Gasteiger partial charge in [0.2, 0.25) is 0 Å². The molecule has 1 atom stereocenters. The fourth-order valence-electron chi connectivity index (χ4n) is 1.61. The summed E-state index contributed by atoms with van der Waals surface area (Å²) < 4.78 is 0. The van der Waals surface area contributed by atoms with Gasteiger partial charge in [-0.05, 0) is 12.1 Å². The molecule has 0 fully saturated rings. The van der Waals surface area contributed by atoms with Gasteiger partial charge in [0.05, 0.1) is 21.8 Å². The summed E-state index contributed by atoms with van der Waals surface area (Å²) in [6.07, 6.45) is 4.72. The number of nitrogens with zero attached hydrogens (tertiary/aromatic N) is 2. The van der Waals surface area contributed by atoms with Crippen LogP contribution < -0.4 is 17.0 Å². The van der Waals surface area contributed by atoms with Gasteiger partial charge in [0, 0.05) is 29.8 Å². The fourth-order valence-corrected chi connectivity index (χ4v) is 2.10. The Bertz CT molecular complexity index is 561. The van der Waals surface area contributed by atoms with Crippen molar-refractivity contribution in [1.82, 2.24) is 15.4 Å². The Kier molecular flexibility index (Phi) is 3.98. The van der Waals surface area contributed by atoms with Gasteiger partial charge in [-0.15, -0.1) is 0 Å². The molecular formula is C11H11Cl2N5. The van der Waals surface area contributed by atoms with Gasteiger partial charge < -0.3 is 5.73 Å². The maximum Gasteiger partial charge on any atom is 0.0931 e. The number of nitrogens with one attached hydrogen (secondary N) is 1. The number of nitrogens with two attached hydrogens (primary N) is 2. The molecule has 0 aromatic carbocycles. The summed E-state index contributed by atoms with van der Waals surface area (Å²) in [6.45, 7) is 0. The van der Waals surface area contributed by atoms with E-state index in [0.29, 0.717) is 27.0 Å². The van der Waals surface area contributed by atoms with Crippen LogP contribution in [0.3, 0.4) is 0 Å². The van der Waals surface area contributed by atoms with Crippen molar-refractivity contribution in [1.29, 1.82) is 0 Å². The number of halogens is 2. The topological polar surface area (TPSA) is 89.8 Å². The maximum absolute atomic E-state index is 6.10.